The summed E-state index contributed by atoms with van der Waals surface area (Å²) in [5, 5.41) is 3.20. The van der Waals surface area contributed by atoms with Crippen LogP contribution < -0.4 is 19.5 Å². The summed E-state index contributed by atoms with van der Waals surface area (Å²) in [6, 6.07) is 3.80. The summed E-state index contributed by atoms with van der Waals surface area (Å²) in [6.07, 6.45) is 4.51. The highest BCUT2D eigenvalue weighted by atomic mass is 16.5. The van der Waals surface area contributed by atoms with Gasteiger partial charge in [-0.05, 0) is 56.8 Å². The normalized spacial score (nSPS) is 15.0. The first kappa shape index (κ1) is 20.4. The Labute approximate surface area is 156 Å². The number of methoxy groups -OCH3 is 3. The SMILES string of the molecule is CNCCC1CCN(C(=O)CCc2ccc(OC)c(OC)c2OC)CC1. The number of carbonyl (C=O) groups excluding carboxylic acids is 1. The van der Waals surface area contributed by atoms with E-state index in [0.717, 1.165) is 44.0 Å². The van der Waals surface area contributed by atoms with Crippen LogP contribution in [-0.4, -0.2) is 58.8 Å². The lowest BCUT2D eigenvalue weighted by molar-refractivity contribution is -0.132. The van der Waals surface area contributed by atoms with Gasteiger partial charge in [-0.15, -0.1) is 0 Å². The van der Waals surface area contributed by atoms with Crippen LogP contribution in [0.25, 0.3) is 0 Å². The van der Waals surface area contributed by atoms with Crippen LogP contribution in [0.5, 0.6) is 17.2 Å². The summed E-state index contributed by atoms with van der Waals surface area (Å²) in [4.78, 5) is 14.6. The molecule has 1 aromatic carbocycles. The number of hydrogen-bond acceptors (Lipinski definition) is 5. The number of nitrogens with zero attached hydrogens (tertiary/aromatic N) is 1. The van der Waals surface area contributed by atoms with Crippen LogP contribution in [0.3, 0.4) is 0 Å². The maximum absolute atomic E-state index is 12.6. The summed E-state index contributed by atoms with van der Waals surface area (Å²) in [7, 11) is 6.79. The second-order valence-electron chi connectivity index (χ2n) is 6.71. The highest BCUT2D eigenvalue weighted by Crippen LogP contribution is 2.40. The summed E-state index contributed by atoms with van der Waals surface area (Å²) in [6.45, 7) is 2.80. The lowest BCUT2D eigenvalue weighted by Gasteiger charge is -2.32. The number of amides is 1. The number of rotatable bonds is 9. The van der Waals surface area contributed by atoms with Crippen LogP contribution in [-0.2, 0) is 11.2 Å². The zero-order valence-corrected chi connectivity index (χ0v) is 16.5. The van der Waals surface area contributed by atoms with Gasteiger partial charge in [0.1, 0.15) is 0 Å². The van der Waals surface area contributed by atoms with E-state index in [2.05, 4.69) is 5.32 Å². The van der Waals surface area contributed by atoms with Gasteiger partial charge < -0.3 is 24.4 Å². The molecule has 0 aliphatic carbocycles. The quantitative estimate of drug-likeness (QED) is 0.729. The van der Waals surface area contributed by atoms with E-state index in [1.54, 1.807) is 21.3 Å². The molecule has 1 aliphatic heterocycles. The van der Waals surface area contributed by atoms with Crippen molar-refractivity contribution in [3.8, 4) is 17.2 Å². The lowest BCUT2D eigenvalue weighted by atomic mass is 9.93. The predicted molar refractivity (Wildman–Crippen MR) is 102 cm³/mol. The van der Waals surface area contributed by atoms with E-state index < -0.39 is 0 Å². The van der Waals surface area contributed by atoms with Gasteiger partial charge in [0, 0.05) is 19.5 Å². The van der Waals surface area contributed by atoms with Crippen LogP contribution in [0.15, 0.2) is 12.1 Å². The Morgan fingerprint density at radius 3 is 2.38 bits per heavy atom. The minimum absolute atomic E-state index is 0.217. The Kier molecular flexibility index (Phi) is 8.04. The number of carbonyl (C=O) groups is 1. The van der Waals surface area contributed by atoms with Gasteiger partial charge in [0.2, 0.25) is 11.7 Å². The van der Waals surface area contributed by atoms with E-state index in [1.807, 2.05) is 24.1 Å². The number of benzene rings is 1. The molecule has 1 N–H and O–H groups in total. The Bertz CT molecular complexity index is 583. The number of nitrogens with one attached hydrogen (secondary N) is 1. The van der Waals surface area contributed by atoms with Gasteiger partial charge in [0.15, 0.2) is 11.5 Å². The second-order valence-corrected chi connectivity index (χ2v) is 6.71. The molecule has 2 rings (SSSR count). The van der Waals surface area contributed by atoms with Crippen molar-refractivity contribution in [2.24, 2.45) is 5.92 Å². The van der Waals surface area contributed by atoms with Gasteiger partial charge >= 0.3 is 0 Å². The largest absolute Gasteiger partial charge is 0.493 e. The molecular weight excluding hydrogens is 332 g/mol. The molecule has 1 amide bonds. The lowest BCUT2D eigenvalue weighted by Crippen LogP contribution is -2.39. The fraction of sp³-hybridized carbons (Fsp3) is 0.650. The molecule has 1 saturated heterocycles. The maximum Gasteiger partial charge on any atom is 0.222 e. The van der Waals surface area contributed by atoms with E-state index >= 15 is 0 Å². The van der Waals surface area contributed by atoms with E-state index in [-0.39, 0.29) is 5.91 Å². The van der Waals surface area contributed by atoms with Crippen LogP contribution in [0, 0.1) is 5.92 Å². The van der Waals surface area contributed by atoms with Crippen molar-refractivity contribution in [2.75, 3.05) is 48.0 Å². The Hall–Kier alpha value is -1.95. The van der Waals surface area contributed by atoms with Gasteiger partial charge in [-0.1, -0.05) is 6.07 Å². The highest BCUT2D eigenvalue weighted by Gasteiger charge is 2.23. The van der Waals surface area contributed by atoms with Gasteiger partial charge in [0.25, 0.3) is 0 Å². The monoisotopic (exact) mass is 364 g/mol. The van der Waals surface area contributed by atoms with Crippen molar-refractivity contribution >= 4 is 5.91 Å². The average molecular weight is 364 g/mol. The first-order valence-electron chi connectivity index (χ1n) is 9.34. The third-order valence-electron chi connectivity index (χ3n) is 5.16. The van der Waals surface area contributed by atoms with Crippen LogP contribution in [0.2, 0.25) is 0 Å². The summed E-state index contributed by atoms with van der Waals surface area (Å²) in [5.41, 5.74) is 0.961. The zero-order chi connectivity index (χ0) is 18.9. The smallest absolute Gasteiger partial charge is 0.222 e. The molecule has 1 fully saturated rings. The standard InChI is InChI=1S/C20H32N2O4/c1-21-12-9-15-10-13-22(14-11-15)18(23)8-6-16-5-7-17(24-2)20(26-4)19(16)25-3/h5,7,15,21H,6,8-14H2,1-4H3. The molecule has 1 heterocycles. The van der Waals surface area contributed by atoms with Crippen molar-refractivity contribution in [3.05, 3.63) is 17.7 Å². The van der Waals surface area contributed by atoms with Crippen molar-refractivity contribution in [2.45, 2.75) is 32.1 Å². The van der Waals surface area contributed by atoms with E-state index in [4.69, 9.17) is 14.2 Å². The Morgan fingerprint density at radius 1 is 1.12 bits per heavy atom. The molecule has 0 bridgehead atoms. The van der Waals surface area contributed by atoms with E-state index in [0.29, 0.717) is 30.1 Å². The average Bonchev–Trinajstić information content (AvgIpc) is 2.69. The fourth-order valence-corrected chi connectivity index (χ4v) is 3.58. The first-order valence-corrected chi connectivity index (χ1v) is 9.34. The molecule has 6 heteroatoms. The Balaban J connectivity index is 1.92. The molecular formula is C20H32N2O4. The van der Waals surface area contributed by atoms with Crippen LogP contribution in [0.1, 0.15) is 31.2 Å². The van der Waals surface area contributed by atoms with E-state index in [1.165, 1.54) is 6.42 Å². The summed E-state index contributed by atoms with van der Waals surface area (Å²) in [5.74, 6) is 2.80. The molecule has 0 saturated carbocycles. The third-order valence-corrected chi connectivity index (χ3v) is 5.16. The van der Waals surface area contributed by atoms with Gasteiger partial charge in [-0.2, -0.15) is 0 Å². The first-order chi connectivity index (χ1) is 12.6. The summed E-state index contributed by atoms with van der Waals surface area (Å²) >= 11 is 0. The second kappa shape index (κ2) is 10.3. The summed E-state index contributed by atoms with van der Waals surface area (Å²) < 4.78 is 16.2. The number of ether oxygens (including phenoxy) is 3. The molecule has 26 heavy (non-hydrogen) atoms. The van der Waals surface area contributed by atoms with Crippen molar-refractivity contribution in [3.63, 3.8) is 0 Å². The molecule has 0 spiro atoms. The fourth-order valence-electron chi connectivity index (χ4n) is 3.58. The Morgan fingerprint density at radius 2 is 1.81 bits per heavy atom. The molecule has 6 nitrogen and oxygen atoms in total. The topological polar surface area (TPSA) is 60.0 Å². The van der Waals surface area contributed by atoms with Gasteiger partial charge in [-0.25, -0.2) is 0 Å². The number of likely N-dealkylation sites (tertiary alicyclic amines) is 1. The molecule has 146 valence electrons. The molecule has 0 radical (unpaired) electrons. The predicted octanol–water partition coefficient (Wildman–Crippen LogP) is 2.49. The highest BCUT2D eigenvalue weighted by molar-refractivity contribution is 5.76. The number of piperidine rings is 1. The maximum atomic E-state index is 12.6. The van der Waals surface area contributed by atoms with Crippen LogP contribution >= 0.6 is 0 Å². The molecule has 1 aromatic rings. The zero-order valence-electron chi connectivity index (χ0n) is 16.5. The van der Waals surface area contributed by atoms with Gasteiger partial charge in [-0.3, -0.25) is 4.79 Å². The number of hydrogen-bond donors (Lipinski definition) is 1. The molecule has 1 aliphatic rings. The van der Waals surface area contributed by atoms with Crippen molar-refractivity contribution < 1.29 is 19.0 Å². The minimum Gasteiger partial charge on any atom is -0.493 e. The molecule has 0 unspecified atom stereocenters. The van der Waals surface area contributed by atoms with Crippen LogP contribution in [0.4, 0.5) is 0 Å². The third kappa shape index (κ3) is 5.04. The van der Waals surface area contributed by atoms with Crippen molar-refractivity contribution in [1.82, 2.24) is 10.2 Å². The van der Waals surface area contributed by atoms with E-state index in [9.17, 15) is 4.79 Å². The molecule has 0 aromatic heterocycles. The molecule has 0 atom stereocenters. The number of aryl methyl sites for hydroxylation is 1. The van der Waals surface area contributed by atoms with Gasteiger partial charge in [0.05, 0.1) is 21.3 Å². The van der Waals surface area contributed by atoms with Crippen molar-refractivity contribution in [1.29, 1.82) is 0 Å². The minimum atomic E-state index is 0.217.